The predicted molar refractivity (Wildman–Crippen MR) is 108 cm³/mol. The van der Waals surface area contributed by atoms with Crippen LogP contribution in [0.5, 0.6) is 0 Å². The molecule has 28 heavy (non-hydrogen) atoms. The number of pyridine rings is 1. The molecule has 1 aliphatic heterocycles. The Balaban J connectivity index is 1.64. The largest absolute Gasteiger partial charge is 0.456 e. The summed E-state index contributed by atoms with van der Waals surface area (Å²) in [4.78, 5) is 28.2. The van der Waals surface area contributed by atoms with E-state index in [-0.39, 0.29) is 12.6 Å². The monoisotopic (exact) mass is 396 g/mol. The number of fused-ring (bicyclic) bond motifs is 1. The van der Waals surface area contributed by atoms with Crippen LogP contribution in [0.4, 0.5) is 5.82 Å². The topological polar surface area (TPSA) is 77.4 Å². The van der Waals surface area contributed by atoms with Crippen LogP contribution in [0, 0.1) is 0 Å². The molecule has 4 rings (SSSR count). The molecule has 3 aromatic rings. The smallest absolute Gasteiger partial charge is 0.338 e. The molecule has 0 aliphatic carbocycles. The summed E-state index contributed by atoms with van der Waals surface area (Å²) >= 11 is 1.49. The molecule has 1 fully saturated rings. The molecule has 3 heterocycles. The normalized spacial score (nSPS) is 14.2. The SMILES string of the molecule is CSc1ncc2cc(COC(=O)c3ccccc3)nc(N3CCOCC3)c2n1. The van der Waals surface area contributed by atoms with E-state index in [1.807, 2.05) is 30.5 Å². The van der Waals surface area contributed by atoms with Crippen molar-refractivity contribution in [3.05, 3.63) is 53.9 Å². The second-order valence-electron chi connectivity index (χ2n) is 6.27. The molecule has 1 aliphatic rings. The van der Waals surface area contributed by atoms with Gasteiger partial charge in [-0.3, -0.25) is 0 Å². The van der Waals surface area contributed by atoms with Gasteiger partial charge in [0.2, 0.25) is 0 Å². The van der Waals surface area contributed by atoms with E-state index in [9.17, 15) is 4.79 Å². The second-order valence-corrected chi connectivity index (χ2v) is 7.05. The van der Waals surface area contributed by atoms with Crippen LogP contribution in [0.2, 0.25) is 0 Å². The lowest BCUT2D eigenvalue weighted by Crippen LogP contribution is -2.37. The minimum atomic E-state index is -0.371. The Morgan fingerprint density at radius 1 is 1.21 bits per heavy atom. The quantitative estimate of drug-likeness (QED) is 0.370. The molecule has 0 atom stereocenters. The van der Waals surface area contributed by atoms with Crippen molar-refractivity contribution in [2.45, 2.75) is 11.8 Å². The number of rotatable bonds is 5. The third-order valence-electron chi connectivity index (χ3n) is 4.43. The molecule has 0 unspecified atom stereocenters. The average Bonchev–Trinajstić information content (AvgIpc) is 2.77. The van der Waals surface area contributed by atoms with Gasteiger partial charge < -0.3 is 14.4 Å². The van der Waals surface area contributed by atoms with Gasteiger partial charge in [0.05, 0.1) is 24.5 Å². The van der Waals surface area contributed by atoms with Crippen LogP contribution in [-0.4, -0.2) is 53.5 Å². The van der Waals surface area contributed by atoms with Crippen LogP contribution in [0.1, 0.15) is 16.1 Å². The Morgan fingerprint density at radius 2 is 2.00 bits per heavy atom. The number of nitrogens with zero attached hydrogens (tertiary/aromatic N) is 4. The highest BCUT2D eigenvalue weighted by Crippen LogP contribution is 2.26. The Kier molecular flexibility index (Phi) is 5.68. The van der Waals surface area contributed by atoms with E-state index in [4.69, 9.17) is 14.5 Å². The van der Waals surface area contributed by atoms with Gasteiger partial charge in [-0.25, -0.2) is 19.7 Å². The highest BCUT2D eigenvalue weighted by atomic mass is 32.2. The van der Waals surface area contributed by atoms with E-state index in [2.05, 4.69) is 14.9 Å². The standard InChI is InChI=1S/C20H20N4O3S/c1-28-20-21-12-15-11-16(13-27-19(25)14-5-3-2-4-6-14)22-18(17(15)23-20)24-7-9-26-10-8-24/h2-6,11-12H,7-10,13H2,1H3. The highest BCUT2D eigenvalue weighted by molar-refractivity contribution is 7.98. The first kappa shape index (κ1) is 18.6. The molecule has 0 radical (unpaired) electrons. The number of morpholine rings is 1. The molecule has 0 amide bonds. The predicted octanol–water partition coefficient (Wildman–Crippen LogP) is 2.94. The summed E-state index contributed by atoms with van der Waals surface area (Å²) in [6, 6.07) is 10.8. The number of thioether (sulfide) groups is 1. The van der Waals surface area contributed by atoms with E-state index < -0.39 is 0 Å². The number of carbonyl (C=O) groups excluding carboxylic acids is 1. The van der Waals surface area contributed by atoms with E-state index in [0.717, 1.165) is 29.8 Å². The van der Waals surface area contributed by atoms with Crippen LogP contribution >= 0.6 is 11.8 Å². The molecule has 1 saturated heterocycles. The fraction of sp³-hybridized carbons (Fsp3) is 0.300. The summed E-state index contributed by atoms with van der Waals surface area (Å²) in [5.41, 5.74) is 1.99. The van der Waals surface area contributed by atoms with Gasteiger partial charge in [0.25, 0.3) is 0 Å². The molecule has 144 valence electrons. The van der Waals surface area contributed by atoms with Gasteiger partial charge in [0.15, 0.2) is 11.0 Å². The van der Waals surface area contributed by atoms with E-state index in [1.165, 1.54) is 11.8 Å². The lowest BCUT2D eigenvalue weighted by molar-refractivity contribution is 0.0468. The fourth-order valence-corrected chi connectivity index (χ4v) is 3.37. The van der Waals surface area contributed by atoms with Crippen molar-refractivity contribution in [2.75, 3.05) is 37.5 Å². The molecular formula is C20H20N4O3S. The van der Waals surface area contributed by atoms with Gasteiger partial charge >= 0.3 is 5.97 Å². The number of aromatic nitrogens is 3. The van der Waals surface area contributed by atoms with Crippen LogP contribution < -0.4 is 4.90 Å². The number of ether oxygens (including phenoxy) is 2. The number of hydrogen-bond donors (Lipinski definition) is 0. The molecule has 0 saturated carbocycles. The average molecular weight is 396 g/mol. The Morgan fingerprint density at radius 3 is 2.75 bits per heavy atom. The van der Waals surface area contributed by atoms with E-state index in [0.29, 0.717) is 29.6 Å². The first-order valence-electron chi connectivity index (χ1n) is 9.00. The van der Waals surface area contributed by atoms with Crippen molar-refractivity contribution in [2.24, 2.45) is 0 Å². The minimum absolute atomic E-state index is 0.0886. The van der Waals surface area contributed by atoms with Crippen LogP contribution in [-0.2, 0) is 16.1 Å². The summed E-state index contributed by atoms with van der Waals surface area (Å²) in [5.74, 6) is 0.411. The zero-order chi connectivity index (χ0) is 19.3. The number of hydrogen-bond acceptors (Lipinski definition) is 8. The molecule has 0 spiro atoms. The lowest BCUT2D eigenvalue weighted by Gasteiger charge is -2.28. The molecule has 2 aromatic heterocycles. The first-order valence-corrected chi connectivity index (χ1v) is 10.2. The highest BCUT2D eigenvalue weighted by Gasteiger charge is 2.19. The molecule has 7 nitrogen and oxygen atoms in total. The van der Waals surface area contributed by atoms with Crippen molar-refractivity contribution in [3.8, 4) is 0 Å². The third kappa shape index (κ3) is 4.07. The van der Waals surface area contributed by atoms with Crippen molar-refractivity contribution >= 4 is 34.5 Å². The van der Waals surface area contributed by atoms with Gasteiger partial charge in [-0.2, -0.15) is 0 Å². The zero-order valence-electron chi connectivity index (χ0n) is 15.5. The first-order chi connectivity index (χ1) is 13.7. The fourth-order valence-electron chi connectivity index (χ4n) is 3.03. The maximum atomic E-state index is 12.2. The summed E-state index contributed by atoms with van der Waals surface area (Å²) in [5, 5.41) is 1.58. The Hall–Kier alpha value is -2.71. The Bertz CT molecular complexity index is 978. The van der Waals surface area contributed by atoms with Gasteiger partial charge in [0, 0.05) is 24.7 Å². The van der Waals surface area contributed by atoms with Crippen LogP contribution in [0.15, 0.2) is 47.8 Å². The van der Waals surface area contributed by atoms with Crippen LogP contribution in [0.3, 0.4) is 0 Å². The zero-order valence-corrected chi connectivity index (χ0v) is 16.3. The maximum absolute atomic E-state index is 12.2. The lowest BCUT2D eigenvalue weighted by atomic mass is 10.2. The molecule has 8 heteroatoms. The second kappa shape index (κ2) is 8.53. The molecule has 0 bridgehead atoms. The van der Waals surface area contributed by atoms with Crippen molar-refractivity contribution in [1.82, 2.24) is 15.0 Å². The Labute approximate surface area is 167 Å². The van der Waals surface area contributed by atoms with Crippen molar-refractivity contribution in [1.29, 1.82) is 0 Å². The molecule has 1 aromatic carbocycles. The van der Waals surface area contributed by atoms with E-state index in [1.54, 1.807) is 18.3 Å². The van der Waals surface area contributed by atoms with Gasteiger partial charge in [-0.1, -0.05) is 30.0 Å². The summed E-state index contributed by atoms with van der Waals surface area (Å²) < 4.78 is 10.9. The summed E-state index contributed by atoms with van der Waals surface area (Å²) in [6.45, 7) is 2.88. The van der Waals surface area contributed by atoms with E-state index >= 15 is 0 Å². The number of benzene rings is 1. The molecule has 0 N–H and O–H groups in total. The van der Waals surface area contributed by atoms with Gasteiger partial charge in [-0.15, -0.1) is 0 Å². The minimum Gasteiger partial charge on any atom is -0.456 e. The third-order valence-corrected chi connectivity index (χ3v) is 4.99. The number of esters is 1. The van der Waals surface area contributed by atoms with Crippen molar-refractivity contribution < 1.29 is 14.3 Å². The van der Waals surface area contributed by atoms with Gasteiger partial charge in [0.1, 0.15) is 12.1 Å². The number of carbonyl (C=O) groups is 1. The summed E-state index contributed by atoms with van der Waals surface area (Å²) in [6.07, 6.45) is 3.74. The maximum Gasteiger partial charge on any atom is 0.338 e. The summed E-state index contributed by atoms with van der Waals surface area (Å²) in [7, 11) is 0. The van der Waals surface area contributed by atoms with Gasteiger partial charge in [-0.05, 0) is 24.5 Å². The number of anilines is 1. The van der Waals surface area contributed by atoms with Crippen molar-refractivity contribution in [3.63, 3.8) is 0 Å². The molecular weight excluding hydrogens is 376 g/mol. The van der Waals surface area contributed by atoms with Crippen LogP contribution in [0.25, 0.3) is 10.9 Å².